The van der Waals surface area contributed by atoms with E-state index in [1.807, 2.05) is 48.5 Å². The summed E-state index contributed by atoms with van der Waals surface area (Å²) in [4.78, 5) is -0.0112. The summed E-state index contributed by atoms with van der Waals surface area (Å²) in [5.74, 6) is 0. The minimum Gasteiger partial charge on any atom is -0.282 e. The molecule has 0 radical (unpaired) electrons. The van der Waals surface area contributed by atoms with Crippen LogP contribution in [0, 0.1) is 6.92 Å². The molecule has 0 aliphatic rings. The van der Waals surface area contributed by atoms with Crippen molar-refractivity contribution in [1.82, 2.24) is 0 Å². The van der Waals surface area contributed by atoms with E-state index in [0.717, 1.165) is 16.7 Å². The highest BCUT2D eigenvalue weighted by Gasteiger charge is 2.30. The van der Waals surface area contributed by atoms with Crippen LogP contribution in [0.15, 0.2) is 11.0 Å². The quantitative estimate of drug-likeness (QED) is 0.638. The molecule has 0 fully saturated rings. The van der Waals surface area contributed by atoms with E-state index in [1.165, 1.54) is 0 Å². The first-order valence-corrected chi connectivity index (χ1v) is 8.60. The summed E-state index contributed by atoms with van der Waals surface area (Å²) in [6.45, 7) is 14.3. The van der Waals surface area contributed by atoms with Gasteiger partial charge in [0.2, 0.25) is 0 Å². The topological polar surface area (TPSA) is 54.4 Å². The van der Waals surface area contributed by atoms with Crippen LogP contribution >= 0.6 is 9.24 Å². The van der Waals surface area contributed by atoms with Gasteiger partial charge in [0, 0.05) is 0 Å². The predicted octanol–water partition coefficient (Wildman–Crippen LogP) is 3.34. The number of benzene rings is 1. The van der Waals surface area contributed by atoms with Gasteiger partial charge in [0.05, 0.1) is 0 Å². The molecule has 0 bridgehead atoms. The zero-order valence-electron chi connectivity index (χ0n) is 13.3. The average Bonchev–Trinajstić information content (AvgIpc) is 2.10. The Bertz CT molecular complexity index is 633. The molecular formula is C15H25O3PS. The van der Waals surface area contributed by atoms with Gasteiger partial charge >= 0.3 is 0 Å². The maximum atomic E-state index is 11.7. The van der Waals surface area contributed by atoms with Crippen LogP contribution in [0.25, 0.3) is 0 Å². The van der Waals surface area contributed by atoms with Crippen LogP contribution in [0.5, 0.6) is 0 Å². The van der Waals surface area contributed by atoms with Gasteiger partial charge in [0.1, 0.15) is 4.90 Å². The molecule has 0 aliphatic carbocycles. The molecule has 1 rings (SSSR count). The third kappa shape index (κ3) is 3.41. The first-order valence-electron chi connectivity index (χ1n) is 6.59. The lowest BCUT2D eigenvalue weighted by Crippen LogP contribution is -2.28. The molecule has 0 spiro atoms. The van der Waals surface area contributed by atoms with Crippen molar-refractivity contribution in [3.05, 3.63) is 22.8 Å². The molecule has 5 heteroatoms. The van der Waals surface area contributed by atoms with Gasteiger partial charge in [-0.05, 0) is 45.8 Å². The molecule has 1 atom stereocenters. The lowest BCUT2D eigenvalue weighted by Gasteiger charge is -2.31. The second kappa shape index (κ2) is 5.08. The highest BCUT2D eigenvalue weighted by molar-refractivity contribution is 7.86. The van der Waals surface area contributed by atoms with E-state index in [-0.39, 0.29) is 15.7 Å². The van der Waals surface area contributed by atoms with Crippen LogP contribution in [0.4, 0.5) is 0 Å². The van der Waals surface area contributed by atoms with Crippen LogP contribution < -0.4 is 5.30 Å². The van der Waals surface area contributed by atoms with Crippen LogP contribution in [-0.4, -0.2) is 13.0 Å². The summed E-state index contributed by atoms with van der Waals surface area (Å²) < 4.78 is 32.8. The molecule has 114 valence electrons. The Morgan fingerprint density at radius 2 is 1.50 bits per heavy atom. The summed E-state index contributed by atoms with van der Waals surface area (Å²) in [5, 5.41) is 0.561. The van der Waals surface area contributed by atoms with Gasteiger partial charge in [-0.1, -0.05) is 41.5 Å². The third-order valence-corrected chi connectivity index (χ3v) is 5.13. The van der Waals surface area contributed by atoms with E-state index in [0.29, 0.717) is 5.30 Å². The molecular weight excluding hydrogens is 291 g/mol. The van der Waals surface area contributed by atoms with Gasteiger partial charge in [-0.15, -0.1) is 9.24 Å². The molecule has 1 N–H and O–H groups in total. The van der Waals surface area contributed by atoms with Crippen molar-refractivity contribution in [2.24, 2.45) is 0 Å². The zero-order chi connectivity index (χ0) is 16.1. The highest BCUT2D eigenvalue weighted by Crippen LogP contribution is 2.35. The molecule has 3 nitrogen and oxygen atoms in total. The zero-order valence-corrected chi connectivity index (χ0v) is 15.3. The number of rotatable bonds is 1. The molecule has 1 aromatic carbocycles. The normalized spacial score (nSPS) is 13.7. The standard InChI is InChI=1S/C15H25O3PS/c1-9-10(14(2,3)4)8-11(20(16,17)18)13(19)12(9)15(5,6)7/h8H,19H2,1-7H3,(H,16,17,18). The first-order chi connectivity index (χ1) is 8.67. The SMILES string of the molecule is Cc1c(C(C)(C)C)cc(S(=O)(=O)O)c(P)c1C(C)(C)C. The molecule has 0 saturated carbocycles. The Balaban J connectivity index is 3.96. The summed E-state index contributed by atoms with van der Waals surface area (Å²) in [6.07, 6.45) is 0. The van der Waals surface area contributed by atoms with Crippen molar-refractivity contribution in [2.45, 2.75) is 64.2 Å². The van der Waals surface area contributed by atoms with Gasteiger partial charge in [0.25, 0.3) is 10.1 Å². The van der Waals surface area contributed by atoms with Crippen molar-refractivity contribution < 1.29 is 13.0 Å². The summed E-state index contributed by atoms with van der Waals surface area (Å²) in [6, 6.07) is 1.60. The minimum atomic E-state index is -4.24. The van der Waals surface area contributed by atoms with Gasteiger partial charge in [-0.2, -0.15) is 8.42 Å². The number of hydrogen-bond acceptors (Lipinski definition) is 2. The van der Waals surface area contributed by atoms with Crippen molar-refractivity contribution in [3.8, 4) is 0 Å². The fraction of sp³-hybridized carbons (Fsp3) is 0.600. The lowest BCUT2D eigenvalue weighted by atomic mass is 9.77. The van der Waals surface area contributed by atoms with Gasteiger partial charge in [-0.3, -0.25) is 4.55 Å². The van der Waals surface area contributed by atoms with Crippen LogP contribution in [-0.2, 0) is 20.9 Å². The second-order valence-corrected chi connectivity index (χ2v) is 9.28. The van der Waals surface area contributed by atoms with E-state index in [1.54, 1.807) is 6.07 Å². The lowest BCUT2D eigenvalue weighted by molar-refractivity contribution is 0.482. The van der Waals surface area contributed by atoms with Crippen LogP contribution in [0.3, 0.4) is 0 Å². The van der Waals surface area contributed by atoms with E-state index in [4.69, 9.17) is 0 Å². The van der Waals surface area contributed by atoms with E-state index < -0.39 is 10.1 Å². The van der Waals surface area contributed by atoms with Crippen LogP contribution in [0.1, 0.15) is 58.2 Å². The molecule has 0 heterocycles. The van der Waals surface area contributed by atoms with Crippen LogP contribution in [0.2, 0.25) is 0 Å². The first kappa shape index (κ1) is 17.6. The Hall–Kier alpha value is -0.440. The van der Waals surface area contributed by atoms with Crippen molar-refractivity contribution in [2.75, 3.05) is 0 Å². The minimum absolute atomic E-state index is 0.0112. The molecule has 1 aromatic rings. The predicted molar refractivity (Wildman–Crippen MR) is 87.7 cm³/mol. The number of hydrogen-bond donors (Lipinski definition) is 1. The average molecular weight is 316 g/mol. The molecule has 1 unspecified atom stereocenters. The summed E-state index contributed by atoms with van der Waals surface area (Å²) >= 11 is 0. The summed E-state index contributed by atoms with van der Waals surface area (Å²) in [7, 11) is -1.76. The maximum Gasteiger partial charge on any atom is 0.295 e. The third-order valence-electron chi connectivity index (χ3n) is 3.43. The van der Waals surface area contributed by atoms with E-state index in [2.05, 4.69) is 9.24 Å². The second-order valence-electron chi connectivity index (χ2n) is 7.31. The molecule has 20 heavy (non-hydrogen) atoms. The Morgan fingerprint density at radius 1 is 1.05 bits per heavy atom. The van der Waals surface area contributed by atoms with Crippen molar-refractivity contribution in [3.63, 3.8) is 0 Å². The van der Waals surface area contributed by atoms with E-state index in [9.17, 15) is 13.0 Å². The van der Waals surface area contributed by atoms with Gasteiger partial charge in [0.15, 0.2) is 0 Å². The van der Waals surface area contributed by atoms with Gasteiger partial charge < -0.3 is 0 Å². The smallest absolute Gasteiger partial charge is 0.282 e. The summed E-state index contributed by atoms with van der Waals surface area (Å²) in [5.41, 5.74) is 2.59. The highest BCUT2D eigenvalue weighted by atomic mass is 32.2. The van der Waals surface area contributed by atoms with Crippen molar-refractivity contribution in [1.29, 1.82) is 0 Å². The molecule has 0 aromatic heterocycles. The Labute approximate surface area is 125 Å². The Morgan fingerprint density at radius 3 is 1.80 bits per heavy atom. The fourth-order valence-electron chi connectivity index (χ4n) is 2.74. The fourth-order valence-corrected chi connectivity index (χ4v) is 4.56. The monoisotopic (exact) mass is 316 g/mol. The molecule has 0 saturated heterocycles. The maximum absolute atomic E-state index is 11.7. The largest absolute Gasteiger partial charge is 0.295 e. The van der Waals surface area contributed by atoms with Crippen molar-refractivity contribution >= 4 is 24.7 Å². The molecule has 0 amide bonds. The molecule has 0 aliphatic heterocycles. The van der Waals surface area contributed by atoms with E-state index >= 15 is 0 Å². The van der Waals surface area contributed by atoms with Gasteiger partial charge in [-0.25, -0.2) is 0 Å². The Kier molecular flexibility index (Phi) is 4.47.